The van der Waals surface area contributed by atoms with Crippen molar-refractivity contribution in [2.45, 2.75) is 25.5 Å². The molecule has 198 valence electrons. The first kappa shape index (κ1) is 24.7. The smallest absolute Gasteiger partial charge is 0.275 e. The van der Waals surface area contributed by atoms with Gasteiger partial charge >= 0.3 is 0 Å². The Morgan fingerprint density at radius 1 is 1.18 bits per heavy atom. The maximum atomic E-state index is 13.3. The van der Waals surface area contributed by atoms with Gasteiger partial charge < -0.3 is 25.2 Å². The van der Waals surface area contributed by atoms with Crippen LogP contribution >= 0.6 is 11.3 Å². The lowest BCUT2D eigenvalue weighted by Gasteiger charge is -2.30. The van der Waals surface area contributed by atoms with Crippen LogP contribution in [0.3, 0.4) is 0 Å². The van der Waals surface area contributed by atoms with Crippen LogP contribution in [0, 0.1) is 0 Å². The number of amides is 2. The zero-order valence-electron chi connectivity index (χ0n) is 21.2. The highest BCUT2D eigenvalue weighted by molar-refractivity contribution is 7.14. The van der Waals surface area contributed by atoms with Gasteiger partial charge in [-0.25, -0.2) is 9.97 Å². The normalized spacial score (nSPS) is 18.5. The van der Waals surface area contributed by atoms with Crippen LogP contribution < -0.4 is 25.2 Å². The highest BCUT2D eigenvalue weighted by atomic mass is 32.1. The van der Waals surface area contributed by atoms with Crippen molar-refractivity contribution in [3.63, 3.8) is 0 Å². The number of thiazole rings is 1. The third kappa shape index (κ3) is 5.06. The number of rotatable bonds is 6. The summed E-state index contributed by atoms with van der Waals surface area (Å²) in [5, 5.41) is 8.44. The van der Waals surface area contributed by atoms with E-state index in [4.69, 9.17) is 4.74 Å². The number of piperazine rings is 1. The molecule has 0 unspecified atom stereocenters. The van der Waals surface area contributed by atoms with Gasteiger partial charge in [-0.3, -0.25) is 19.5 Å². The third-order valence-electron chi connectivity index (χ3n) is 7.18. The van der Waals surface area contributed by atoms with Crippen molar-refractivity contribution in [2.75, 3.05) is 61.4 Å². The quantitative estimate of drug-likeness (QED) is 0.491. The van der Waals surface area contributed by atoms with E-state index in [9.17, 15) is 9.59 Å². The van der Waals surface area contributed by atoms with Gasteiger partial charge in [-0.15, -0.1) is 11.3 Å². The number of carbonyl (C=O) groups excluding carboxylic acids is 2. The van der Waals surface area contributed by atoms with Crippen LogP contribution in [0.5, 0.6) is 5.88 Å². The minimum Gasteiger partial charge on any atom is -0.474 e. The Labute approximate surface area is 224 Å². The van der Waals surface area contributed by atoms with Gasteiger partial charge in [-0.2, -0.15) is 0 Å². The Kier molecular flexibility index (Phi) is 6.92. The number of aromatic nitrogens is 3. The maximum Gasteiger partial charge on any atom is 0.275 e. The number of piperidine rings is 1. The van der Waals surface area contributed by atoms with Crippen molar-refractivity contribution in [3.05, 3.63) is 52.9 Å². The molecule has 3 aliphatic rings. The molecule has 2 N–H and O–H groups in total. The molecule has 12 heteroatoms. The van der Waals surface area contributed by atoms with Crippen LogP contribution in [0.4, 0.5) is 16.5 Å². The predicted octanol–water partition coefficient (Wildman–Crippen LogP) is 2.23. The molecule has 3 aliphatic heterocycles. The van der Waals surface area contributed by atoms with E-state index in [1.165, 1.54) is 11.3 Å². The first-order chi connectivity index (χ1) is 18.5. The fourth-order valence-corrected chi connectivity index (χ4v) is 5.82. The lowest BCUT2D eigenvalue weighted by atomic mass is 10.1. The van der Waals surface area contributed by atoms with Crippen molar-refractivity contribution in [1.82, 2.24) is 25.2 Å². The number of hydrogen-bond donors (Lipinski definition) is 2. The fourth-order valence-electron chi connectivity index (χ4n) is 5.01. The Morgan fingerprint density at radius 2 is 2.00 bits per heavy atom. The molecule has 6 rings (SSSR count). The molecule has 0 saturated carbocycles. The van der Waals surface area contributed by atoms with Crippen molar-refractivity contribution >= 4 is 39.7 Å². The lowest BCUT2D eigenvalue weighted by Crippen LogP contribution is -2.43. The molecule has 0 spiro atoms. The fraction of sp³-hybridized carbons (Fsp3) is 0.423. The SMILES string of the molecule is CN1CCC(Oc2cc3c(cn2)CN(c2nc(C(=O)Nc4cnccc4N4CCNCC4)cs2)C3=O)CC1. The van der Waals surface area contributed by atoms with E-state index in [1.807, 2.05) is 6.07 Å². The van der Waals surface area contributed by atoms with E-state index in [1.54, 1.807) is 34.9 Å². The maximum absolute atomic E-state index is 13.3. The molecule has 2 amide bonds. The topological polar surface area (TPSA) is 116 Å². The van der Waals surface area contributed by atoms with Gasteiger partial charge in [0.25, 0.3) is 11.8 Å². The van der Waals surface area contributed by atoms with Gasteiger partial charge in [-0.1, -0.05) is 0 Å². The van der Waals surface area contributed by atoms with E-state index in [0.29, 0.717) is 28.8 Å². The predicted molar refractivity (Wildman–Crippen MR) is 145 cm³/mol. The second-order valence-electron chi connectivity index (χ2n) is 9.79. The number of pyridine rings is 2. The summed E-state index contributed by atoms with van der Waals surface area (Å²) in [7, 11) is 2.11. The molecule has 3 aromatic rings. The molecule has 3 aromatic heterocycles. The molecular weight excluding hydrogens is 504 g/mol. The molecule has 0 bridgehead atoms. The number of nitrogens with zero attached hydrogens (tertiary/aromatic N) is 6. The Bertz CT molecular complexity index is 1330. The zero-order chi connectivity index (χ0) is 26.1. The zero-order valence-corrected chi connectivity index (χ0v) is 22.0. The van der Waals surface area contributed by atoms with Gasteiger partial charge in [0.15, 0.2) is 5.13 Å². The Balaban J connectivity index is 1.13. The van der Waals surface area contributed by atoms with Crippen LogP contribution in [0.2, 0.25) is 0 Å². The van der Waals surface area contributed by atoms with E-state index in [0.717, 1.165) is 63.4 Å². The number of ether oxygens (including phenoxy) is 1. The molecule has 0 aliphatic carbocycles. The summed E-state index contributed by atoms with van der Waals surface area (Å²) >= 11 is 1.27. The summed E-state index contributed by atoms with van der Waals surface area (Å²) < 4.78 is 6.08. The number of anilines is 3. The van der Waals surface area contributed by atoms with Gasteiger partial charge in [-0.05, 0) is 26.0 Å². The average Bonchev–Trinajstić information content (AvgIpc) is 3.56. The summed E-state index contributed by atoms with van der Waals surface area (Å²) in [5.74, 6) is -0.0221. The molecule has 0 aromatic carbocycles. The summed E-state index contributed by atoms with van der Waals surface area (Å²) in [6.45, 7) is 5.81. The number of likely N-dealkylation sites (tertiary alicyclic amines) is 1. The molecule has 11 nitrogen and oxygen atoms in total. The summed E-state index contributed by atoms with van der Waals surface area (Å²) in [5.41, 5.74) is 3.22. The van der Waals surface area contributed by atoms with Crippen molar-refractivity contribution in [1.29, 1.82) is 0 Å². The molecule has 2 saturated heterocycles. The first-order valence-corrected chi connectivity index (χ1v) is 13.8. The first-order valence-electron chi connectivity index (χ1n) is 12.9. The number of hydrogen-bond acceptors (Lipinski definition) is 10. The van der Waals surface area contributed by atoms with Crippen molar-refractivity contribution in [2.24, 2.45) is 0 Å². The highest BCUT2D eigenvalue weighted by Gasteiger charge is 2.32. The number of carbonyl (C=O) groups is 2. The van der Waals surface area contributed by atoms with Crippen molar-refractivity contribution < 1.29 is 14.3 Å². The standard InChI is InChI=1S/C26H30N8O3S/c1-32-8-3-18(4-9-32)37-23-12-19-17(13-29-23)15-34(25(19)36)26-31-21(16-38-26)24(35)30-20-14-28-5-2-22(20)33-10-6-27-7-11-33/h2,5,12-14,16,18,27H,3-4,6-11,15H2,1H3,(H,30,35). The van der Waals surface area contributed by atoms with Gasteiger partial charge in [0.2, 0.25) is 5.88 Å². The highest BCUT2D eigenvalue weighted by Crippen LogP contribution is 2.33. The van der Waals surface area contributed by atoms with Crippen LogP contribution in [0.1, 0.15) is 39.3 Å². The Morgan fingerprint density at radius 3 is 2.82 bits per heavy atom. The van der Waals surface area contributed by atoms with Crippen LogP contribution in [-0.4, -0.2) is 84.1 Å². The van der Waals surface area contributed by atoms with E-state index in [2.05, 4.69) is 42.4 Å². The van der Waals surface area contributed by atoms with E-state index < -0.39 is 0 Å². The van der Waals surface area contributed by atoms with Gasteiger partial charge in [0.1, 0.15) is 11.8 Å². The minimum absolute atomic E-state index is 0.108. The number of fused-ring (bicyclic) bond motifs is 1. The molecule has 38 heavy (non-hydrogen) atoms. The van der Waals surface area contributed by atoms with Crippen LogP contribution in [0.15, 0.2) is 36.1 Å². The van der Waals surface area contributed by atoms with E-state index in [-0.39, 0.29) is 23.6 Å². The third-order valence-corrected chi connectivity index (χ3v) is 8.04. The molecule has 2 fully saturated rings. The second kappa shape index (κ2) is 10.6. The summed E-state index contributed by atoms with van der Waals surface area (Å²) in [4.78, 5) is 45.5. The van der Waals surface area contributed by atoms with Crippen LogP contribution in [0.25, 0.3) is 0 Å². The minimum atomic E-state index is -0.337. The summed E-state index contributed by atoms with van der Waals surface area (Å²) in [6, 6.07) is 3.64. The largest absolute Gasteiger partial charge is 0.474 e. The van der Waals surface area contributed by atoms with Gasteiger partial charge in [0, 0.05) is 68.7 Å². The molecular formula is C26H30N8O3S. The van der Waals surface area contributed by atoms with E-state index >= 15 is 0 Å². The lowest BCUT2D eigenvalue weighted by molar-refractivity contribution is 0.0987. The average molecular weight is 535 g/mol. The van der Waals surface area contributed by atoms with Gasteiger partial charge in [0.05, 0.1) is 29.7 Å². The molecule has 6 heterocycles. The second-order valence-corrected chi connectivity index (χ2v) is 10.6. The monoisotopic (exact) mass is 534 g/mol. The molecule has 0 radical (unpaired) electrons. The molecule has 0 atom stereocenters. The van der Waals surface area contributed by atoms with Crippen molar-refractivity contribution in [3.8, 4) is 5.88 Å². The van der Waals surface area contributed by atoms with Crippen LogP contribution in [-0.2, 0) is 6.54 Å². The Hall–Kier alpha value is -3.61. The summed E-state index contributed by atoms with van der Waals surface area (Å²) in [6.07, 6.45) is 7.07. The number of nitrogens with one attached hydrogen (secondary N) is 2.